The predicted octanol–water partition coefficient (Wildman–Crippen LogP) is 2.61. The van der Waals surface area contributed by atoms with Crippen molar-refractivity contribution in [1.82, 2.24) is 10.6 Å². The van der Waals surface area contributed by atoms with Gasteiger partial charge in [0.25, 0.3) is 0 Å². The van der Waals surface area contributed by atoms with Crippen LogP contribution in [0.4, 0.5) is 0 Å². The highest BCUT2D eigenvalue weighted by atomic mass is 127. The summed E-state index contributed by atoms with van der Waals surface area (Å²) < 4.78 is 11.2. The maximum atomic E-state index is 5.88. The van der Waals surface area contributed by atoms with Crippen molar-refractivity contribution >= 4 is 29.9 Å². The summed E-state index contributed by atoms with van der Waals surface area (Å²) in [6.45, 7) is 2.80. The Balaban J connectivity index is 0.00000192. The molecule has 0 aromatic heterocycles. The number of halogens is 1. The predicted molar refractivity (Wildman–Crippen MR) is 103 cm³/mol. The highest BCUT2D eigenvalue weighted by Crippen LogP contribution is 2.34. The summed E-state index contributed by atoms with van der Waals surface area (Å²) in [5.41, 5.74) is 2.38. The number of ether oxygens (including phenoxy) is 2. The van der Waals surface area contributed by atoms with Crippen LogP contribution in [0.5, 0.6) is 5.75 Å². The molecule has 0 aliphatic carbocycles. The van der Waals surface area contributed by atoms with Gasteiger partial charge in [0.1, 0.15) is 5.75 Å². The minimum atomic E-state index is 0. The highest BCUT2D eigenvalue weighted by molar-refractivity contribution is 14.0. The van der Waals surface area contributed by atoms with E-state index in [1.165, 1.54) is 17.5 Å². The van der Waals surface area contributed by atoms with E-state index in [9.17, 15) is 0 Å². The molecule has 3 atom stereocenters. The normalized spacial score (nSPS) is 25.9. The first-order valence-electron chi connectivity index (χ1n) is 7.95. The first-order valence-corrected chi connectivity index (χ1v) is 7.95. The minimum absolute atomic E-state index is 0. The average Bonchev–Trinajstić information content (AvgIpc) is 3.13. The van der Waals surface area contributed by atoms with E-state index in [-0.39, 0.29) is 24.0 Å². The maximum absolute atomic E-state index is 5.88. The SMILES string of the molecule is CN=C(NCc1cc(C)cc(OC)c1)NC1CC2CCC1O2.I. The molecule has 128 valence electrons. The number of benzene rings is 1. The number of methoxy groups -OCH3 is 1. The van der Waals surface area contributed by atoms with Crippen molar-refractivity contribution in [2.24, 2.45) is 4.99 Å². The average molecular weight is 431 g/mol. The van der Waals surface area contributed by atoms with Crippen molar-refractivity contribution < 1.29 is 9.47 Å². The summed E-state index contributed by atoms with van der Waals surface area (Å²) in [7, 11) is 3.50. The standard InChI is InChI=1S/C17H25N3O2.HI/c1-11-6-12(8-14(7-11)21-3)10-19-17(18-2)20-15-9-13-4-5-16(15)22-13;/h6-8,13,15-16H,4-5,9-10H2,1-3H3,(H2,18,19,20);1H. The summed E-state index contributed by atoms with van der Waals surface area (Å²) in [6.07, 6.45) is 4.25. The van der Waals surface area contributed by atoms with E-state index >= 15 is 0 Å². The summed E-state index contributed by atoms with van der Waals surface area (Å²) in [5.74, 6) is 1.72. The molecule has 0 radical (unpaired) electrons. The van der Waals surface area contributed by atoms with Crippen LogP contribution >= 0.6 is 24.0 Å². The molecule has 2 fully saturated rings. The van der Waals surface area contributed by atoms with E-state index in [1.54, 1.807) is 14.2 Å². The molecule has 1 aromatic carbocycles. The van der Waals surface area contributed by atoms with E-state index in [2.05, 4.69) is 28.6 Å². The zero-order valence-electron chi connectivity index (χ0n) is 14.0. The molecule has 2 N–H and O–H groups in total. The third-order valence-corrected chi connectivity index (χ3v) is 4.46. The fourth-order valence-corrected chi connectivity index (χ4v) is 3.39. The number of aryl methyl sites for hydroxylation is 1. The lowest BCUT2D eigenvalue weighted by Gasteiger charge is -2.22. The van der Waals surface area contributed by atoms with Crippen LogP contribution < -0.4 is 15.4 Å². The lowest BCUT2D eigenvalue weighted by molar-refractivity contribution is 0.0992. The molecule has 0 spiro atoms. The second-order valence-electron chi connectivity index (χ2n) is 6.14. The second-order valence-corrected chi connectivity index (χ2v) is 6.14. The Hall–Kier alpha value is -1.02. The van der Waals surface area contributed by atoms with E-state index < -0.39 is 0 Å². The number of nitrogens with zero attached hydrogens (tertiary/aromatic N) is 1. The molecular formula is C17H26IN3O2. The summed E-state index contributed by atoms with van der Waals surface area (Å²) >= 11 is 0. The van der Waals surface area contributed by atoms with Gasteiger partial charge in [0.2, 0.25) is 0 Å². The Labute approximate surface area is 155 Å². The number of rotatable bonds is 4. The van der Waals surface area contributed by atoms with Gasteiger partial charge >= 0.3 is 0 Å². The monoisotopic (exact) mass is 431 g/mol. The van der Waals surface area contributed by atoms with Crippen LogP contribution in [0, 0.1) is 6.92 Å². The quantitative estimate of drug-likeness (QED) is 0.437. The fraction of sp³-hybridized carbons (Fsp3) is 0.588. The van der Waals surface area contributed by atoms with Gasteiger partial charge in [-0.1, -0.05) is 6.07 Å². The van der Waals surface area contributed by atoms with Crippen LogP contribution in [-0.2, 0) is 11.3 Å². The van der Waals surface area contributed by atoms with Gasteiger partial charge in [-0.2, -0.15) is 0 Å². The summed E-state index contributed by atoms with van der Waals surface area (Å²) in [4.78, 5) is 4.32. The Morgan fingerprint density at radius 1 is 1.35 bits per heavy atom. The lowest BCUT2D eigenvalue weighted by Crippen LogP contribution is -2.47. The van der Waals surface area contributed by atoms with Crippen molar-refractivity contribution in [3.05, 3.63) is 29.3 Å². The van der Waals surface area contributed by atoms with Crippen molar-refractivity contribution in [2.45, 2.75) is 51.0 Å². The molecule has 5 nitrogen and oxygen atoms in total. The van der Waals surface area contributed by atoms with E-state index in [0.29, 0.717) is 18.2 Å². The molecule has 2 aliphatic heterocycles. The van der Waals surface area contributed by atoms with Crippen LogP contribution in [0.25, 0.3) is 0 Å². The molecule has 1 aromatic rings. The number of hydrogen-bond donors (Lipinski definition) is 2. The topological polar surface area (TPSA) is 54.9 Å². The van der Waals surface area contributed by atoms with Crippen molar-refractivity contribution in [3.63, 3.8) is 0 Å². The first-order chi connectivity index (χ1) is 10.7. The molecular weight excluding hydrogens is 405 g/mol. The van der Waals surface area contributed by atoms with Gasteiger partial charge in [0.05, 0.1) is 25.4 Å². The van der Waals surface area contributed by atoms with Gasteiger partial charge < -0.3 is 20.1 Å². The van der Waals surface area contributed by atoms with Crippen LogP contribution in [0.3, 0.4) is 0 Å². The maximum Gasteiger partial charge on any atom is 0.191 e. The zero-order valence-corrected chi connectivity index (χ0v) is 16.3. The third kappa shape index (κ3) is 4.50. The molecule has 0 saturated carbocycles. The van der Waals surface area contributed by atoms with Gasteiger partial charge in [-0.15, -0.1) is 24.0 Å². The molecule has 2 saturated heterocycles. The highest BCUT2D eigenvalue weighted by Gasteiger charge is 2.41. The molecule has 3 rings (SSSR count). The molecule has 0 amide bonds. The molecule has 2 bridgehead atoms. The van der Waals surface area contributed by atoms with Crippen molar-refractivity contribution in [3.8, 4) is 5.75 Å². The van der Waals surface area contributed by atoms with E-state index in [1.807, 2.05) is 12.1 Å². The largest absolute Gasteiger partial charge is 0.497 e. The molecule has 23 heavy (non-hydrogen) atoms. The fourth-order valence-electron chi connectivity index (χ4n) is 3.39. The summed E-state index contributed by atoms with van der Waals surface area (Å²) in [5, 5.41) is 6.87. The van der Waals surface area contributed by atoms with Crippen LogP contribution in [0.15, 0.2) is 23.2 Å². The Kier molecular flexibility index (Phi) is 6.52. The number of aliphatic imine (C=N–C) groups is 1. The number of hydrogen-bond acceptors (Lipinski definition) is 3. The molecule has 6 heteroatoms. The molecule has 2 heterocycles. The number of fused-ring (bicyclic) bond motifs is 2. The third-order valence-electron chi connectivity index (χ3n) is 4.46. The lowest BCUT2D eigenvalue weighted by atomic mass is 9.96. The summed E-state index contributed by atoms with van der Waals surface area (Å²) in [6, 6.07) is 6.62. The zero-order chi connectivity index (χ0) is 15.5. The molecule has 3 unspecified atom stereocenters. The van der Waals surface area contributed by atoms with Crippen LogP contribution in [0.1, 0.15) is 30.4 Å². The Morgan fingerprint density at radius 2 is 2.17 bits per heavy atom. The van der Waals surface area contributed by atoms with Crippen LogP contribution in [-0.4, -0.2) is 38.4 Å². The second kappa shape index (κ2) is 8.19. The van der Waals surface area contributed by atoms with Gasteiger partial charge in [-0.05, 0) is 49.4 Å². The number of guanidine groups is 1. The first kappa shape index (κ1) is 18.3. The van der Waals surface area contributed by atoms with E-state index in [4.69, 9.17) is 9.47 Å². The van der Waals surface area contributed by atoms with Gasteiger partial charge in [0, 0.05) is 13.6 Å². The smallest absolute Gasteiger partial charge is 0.191 e. The van der Waals surface area contributed by atoms with E-state index in [0.717, 1.165) is 31.1 Å². The van der Waals surface area contributed by atoms with Crippen molar-refractivity contribution in [1.29, 1.82) is 0 Å². The van der Waals surface area contributed by atoms with Gasteiger partial charge in [-0.3, -0.25) is 4.99 Å². The van der Waals surface area contributed by atoms with Crippen LogP contribution in [0.2, 0.25) is 0 Å². The molecule has 2 aliphatic rings. The Morgan fingerprint density at radius 3 is 2.78 bits per heavy atom. The van der Waals surface area contributed by atoms with Gasteiger partial charge in [-0.25, -0.2) is 0 Å². The minimum Gasteiger partial charge on any atom is -0.497 e. The van der Waals surface area contributed by atoms with Crippen molar-refractivity contribution in [2.75, 3.05) is 14.2 Å². The Bertz CT molecular complexity index is 565. The van der Waals surface area contributed by atoms with Gasteiger partial charge in [0.15, 0.2) is 5.96 Å². The number of nitrogens with one attached hydrogen (secondary N) is 2.